The van der Waals surface area contributed by atoms with Crippen molar-refractivity contribution in [3.63, 3.8) is 0 Å². The molecule has 0 spiro atoms. The standard InChI is InChI=1S/C17H20FNO2/c1-17(2,13-7-8-13)19-16(21)15-11-14(18)9-6-12(15)5-3-4-10-20/h6,9,11,13,20H,4,7-8,10H2,1-2H3,(H,19,21). The first kappa shape index (κ1) is 15.5. The summed E-state index contributed by atoms with van der Waals surface area (Å²) in [5.74, 6) is 5.30. The summed E-state index contributed by atoms with van der Waals surface area (Å²) in [7, 11) is 0. The molecule has 0 saturated heterocycles. The molecule has 1 aliphatic carbocycles. The van der Waals surface area contributed by atoms with Crippen molar-refractivity contribution in [2.24, 2.45) is 5.92 Å². The topological polar surface area (TPSA) is 49.3 Å². The van der Waals surface area contributed by atoms with Crippen LogP contribution >= 0.6 is 0 Å². The van der Waals surface area contributed by atoms with Crippen molar-refractivity contribution in [3.05, 3.63) is 35.1 Å². The van der Waals surface area contributed by atoms with E-state index in [2.05, 4.69) is 17.2 Å². The molecule has 0 bridgehead atoms. The van der Waals surface area contributed by atoms with Crippen LogP contribution in [0, 0.1) is 23.6 Å². The van der Waals surface area contributed by atoms with Crippen molar-refractivity contribution in [2.75, 3.05) is 6.61 Å². The van der Waals surface area contributed by atoms with E-state index in [0.717, 1.165) is 12.8 Å². The fraction of sp³-hybridized carbons (Fsp3) is 0.471. The lowest BCUT2D eigenvalue weighted by Gasteiger charge is -2.26. The Balaban J connectivity index is 2.22. The molecule has 0 atom stereocenters. The molecule has 1 saturated carbocycles. The van der Waals surface area contributed by atoms with E-state index in [0.29, 0.717) is 17.9 Å². The van der Waals surface area contributed by atoms with E-state index in [1.54, 1.807) is 0 Å². The number of carbonyl (C=O) groups is 1. The number of aliphatic hydroxyl groups is 1. The van der Waals surface area contributed by atoms with E-state index >= 15 is 0 Å². The first-order valence-electron chi connectivity index (χ1n) is 7.16. The molecule has 0 heterocycles. The molecule has 1 aliphatic rings. The van der Waals surface area contributed by atoms with Gasteiger partial charge in [0.1, 0.15) is 5.82 Å². The van der Waals surface area contributed by atoms with Crippen molar-refractivity contribution in [2.45, 2.75) is 38.6 Å². The molecule has 1 fully saturated rings. The summed E-state index contributed by atoms with van der Waals surface area (Å²) in [6.07, 6.45) is 2.55. The average Bonchev–Trinajstić information content (AvgIpc) is 3.25. The second-order valence-corrected chi connectivity index (χ2v) is 5.92. The molecule has 112 valence electrons. The Bertz CT molecular complexity index is 595. The number of rotatable bonds is 4. The van der Waals surface area contributed by atoms with E-state index in [4.69, 9.17) is 5.11 Å². The molecule has 2 N–H and O–H groups in total. The van der Waals surface area contributed by atoms with Crippen LogP contribution in [-0.2, 0) is 0 Å². The zero-order valence-electron chi connectivity index (χ0n) is 12.4. The van der Waals surface area contributed by atoms with Gasteiger partial charge in [-0.25, -0.2) is 4.39 Å². The smallest absolute Gasteiger partial charge is 0.253 e. The Morgan fingerprint density at radius 2 is 2.19 bits per heavy atom. The van der Waals surface area contributed by atoms with Gasteiger partial charge in [0.2, 0.25) is 0 Å². The van der Waals surface area contributed by atoms with E-state index < -0.39 is 5.82 Å². The van der Waals surface area contributed by atoms with Gasteiger partial charge in [0.15, 0.2) is 0 Å². The highest BCUT2D eigenvalue weighted by atomic mass is 19.1. The monoisotopic (exact) mass is 289 g/mol. The Labute approximate surface area is 124 Å². The third kappa shape index (κ3) is 4.05. The van der Waals surface area contributed by atoms with Crippen LogP contribution in [-0.4, -0.2) is 23.2 Å². The first-order chi connectivity index (χ1) is 9.94. The summed E-state index contributed by atoms with van der Waals surface area (Å²) in [6.45, 7) is 3.93. The second kappa shape index (κ2) is 6.28. The number of amides is 1. The van der Waals surface area contributed by atoms with Crippen molar-refractivity contribution >= 4 is 5.91 Å². The largest absolute Gasteiger partial charge is 0.395 e. The Morgan fingerprint density at radius 1 is 1.48 bits per heavy atom. The lowest BCUT2D eigenvalue weighted by molar-refractivity contribution is 0.0902. The van der Waals surface area contributed by atoms with Crippen molar-refractivity contribution in [1.29, 1.82) is 0 Å². The molecule has 4 heteroatoms. The maximum Gasteiger partial charge on any atom is 0.253 e. The number of aliphatic hydroxyl groups excluding tert-OH is 1. The molecule has 0 aliphatic heterocycles. The molecule has 1 aromatic carbocycles. The Hall–Kier alpha value is -1.86. The fourth-order valence-corrected chi connectivity index (χ4v) is 2.29. The molecule has 1 amide bonds. The van der Waals surface area contributed by atoms with Gasteiger partial charge < -0.3 is 10.4 Å². The van der Waals surface area contributed by atoms with Crippen LogP contribution in [0.4, 0.5) is 4.39 Å². The van der Waals surface area contributed by atoms with Gasteiger partial charge in [-0.1, -0.05) is 11.8 Å². The number of halogens is 1. The Morgan fingerprint density at radius 3 is 2.81 bits per heavy atom. The van der Waals surface area contributed by atoms with Crippen LogP contribution in [0.3, 0.4) is 0 Å². The maximum absolute atomic E-state index is 13.4. The van der Waals surface area contributed by atoms with Gasteiger partial charge in [0.05, 0.1) is 12.2 Å². The van der Waals surface area contributed by atoms with Crippen LogP contribution in [0.25, 0.3) is 0 Å². The minimum Gasteiger partial charge on any atom is -0.395 e. The molecular formula is C17H20FNO2. The highest BCUT2D eigenvalue weighted by Gasteiger charge is 2.39. The lowest BCUT2D eigenvalue weighted by atomic mass is 9.97. The number of benzene rings is 1. The first-order valence-corrected chi connectivity index (χ1v) is 7.16. The molecule has 21 heavy (non-hydrogen) atoms. The SMILES string of the molecule is CC(C)(NC(=O)c1cc(F)ccc1C#CCCO)C1CC1. The van der Waals surface area contributed by atoms with Crippen LogP contribution in [0.2, 0.25) is 0 Å². The van der Waals surface area contributed by atoms with E-state index in [9.17, 15) is 9.18 Å². The molecule has 2 rings (SSSR count). The van der Waals surface area contributed by atoms with Gasteiger partial charge in [-0.15, -0.1) is 0 Å². The highest BCUT2D eigenvalue weighted by Crippen LogP contribution is 2.39. The fourth-order valence-electron chi connectivity index (χ4n) is 2.29. The van der Waals surface area contributed by atoms with Crippen molar-refractivity contribution in [1.82, 2.24) is 5.32 Å². The zero-order valence-corrected chi connectivity index (χ0v) is 12.4. The van der Waals surface area contributed by atoms with Gasteiger partial charge in [0, 0.05) is 17.5 Å². The molecule has 0 aromatic heterocycles. The van der Waals surface area contributed by atoms with E-state index in [1.165, 1.54) is 18.2 Å². The quantitative estimate of drug-likeness (QED) is 0.837. The minimum absolute atomic E-state index is 0.0373. The third-order valence-corrected chi connectivity index (χ3v) is 3.72. The molecule has 1 aromatic rings. The van der Waals surface area contributed by atoms with Crippen LogP contribution in [0.1, 0.15) is 49.0 Å². The predicted octanol–water partition coefficient (Wildman–Crippen LogP) is 2.48. The molecule has 0 unspecified atom stereocenters. The summed E-state index contributed by atoms with van der Waals surface area (Å²) in [6, 6.07) is 3.99. The minimum atomic E-state index is -0.461. The summed E-state index contributed by atoms with van der Waals surface area (Å²) in [5, 5.41) is 11.7. The van der Waals surface area contributed by atoms with Gasteiger partial charge in [-0.2, -0.15) is 0 Å². The van der Waals surface area contributed by atoms with Crippen LogP contribution in [0.5, 0.6) is 0 Å². The van der Waals surface area contributed by atoms with Crippen molar-refractivity contribution in [3.8, 4) is 11.8 Å². The number of hydrogen-bond donors (Lipinski definition) is 2. The average molecular weight is 289 g/mol. The van der Waals surface area contributed by atoms with Gasteiger partial charge in [-0.05, 0) is 50.8 Å². The summed E-state index contributed by atoms with van der Waals surface area (Å²) < 4.78 is 13.4. The maximum atomic E-state index is 13.4. The summed E-state index contributed by atoms with van der Waals surface area (Å²) in [5.41, 5.74) is 0.433. The predicted molar refractivity (Wildman–Crippen MR) is 79.3 cm³/mol. The molecule has 0 radical (unpaired) electrons. The zero-order chi connectivity index (χ0) is 15.5. The number of carbonyl (C=O) groups excluding carboxylic acids is 1. The number of hydrogen-bond acceptors (Lipinski definition) is 2. The van der Waals surface area contributed by atoms with Crippen LogP contribution < -0.4 is 5.32 Å². The van der Waals surface area contributed by atoms with Gasteiger partial charge in [0.25, 0.3) is 5.91 Å². The third-order valence-electron chi connectivity index (χ3n) is 3.72. The second-order valence-electron chi connectivity index (χ2n) is 5.92. The van der Waals surface area contributed by atoms with Crippen molar-refractivity contribution < 1.29 is 14.3 Å². The Kier molecular flexibility index (Phi) is 4.64. The summed E-state index contributed by atoms with van der Waals surface area (Å²) in [4.78, 5) is 12.4. The highest BCUT2D eigenvalue weighted by molar-refractivity contribution is 5.97. The lowest BCUT2D eigenvalue weighted by Crippen LogP contribution is -2.45. The van der Waals surface area contributed by atoms with E-state index in [1.807, 2.05) is 13.8 Å². The molecular weight excluding hydrogens is 269 g/mol. The normalized spacial score (nSPS) is 14.3. The summed E-state index contributed by atoms with van der Waals surface area (Å²) >= 11 is 0. The van der Waals surface area contributed by atoms with E-state index in [-0.39, 0.29) is 23.6 Å². The number of nitrogens with one attached hydrogen (secondary N) is 1. The molecule has 3 nitrogen and oxygen atoms in total. The van der Waals surface area contributed by atoms with Gasteiger partial charge in [-0.3, -0.25) is 4.79 Å². The van der Waals surface area contributed by atoms with Gasteiger partial charge >= 0.3 is 0 Å². The van der Waals surface area contributed by atoms with Crippen LogP contribution in [0.15, 0.2) is 18.2 Å².